The molecule has 0 saturated carbocycles. The van der Waals surface area contributed by atoms with Crippen LogP contribution in [-0.4, -0.2) is 44.0 Å². The van der Waals surface area contributed by atoms with Crippen LogP contribution in [0.1, 0.15) is 40.5 Å². The van der Waals surface area contributed by atoms with Gasteiger partial charge in [-0.3, -0.25) is 4.79 Å². The van der Waals surface area contributed by atoms with Gasteiger partial charge in [0.05, 0.1) is 6.61 Å². The predicted molar refractivity (Wildman–Crippen MR) is 77.3 cm³/mol. The van der Waals surface area contributed by atoms with Crippen LogP contribution in [-0.2, 0) is 14.3 Å². The lowest BCUT2D eigenvalue weighted by atomic mass is 9.74. The number of nitrogens with one attached hydrogen (secondary N) is 2. The molecule has 2 saturated heterocycles. The van der Waals surface area contributed by atoms with E-state index in [-0.39, 0.29) is 17.4 Å². The minimum atomic E-state index is -0.530. The van der Waals surface area contributed by atoms with Crippen LogP contribution in [0.2, 0.25) is 0 Å². The number of carbonyl (C=O) groups is 1. The van der Waals surface area contributed by atoms with Crippen molar-refractivity contribution in [1.29, 1.82) is 0 Å². The first kappa shape index (κ1) is 15.7. The molecule has 1 amide bonds. The molecule has 5 nitrogen and oxygen atoms in total. The second kappa shape index (κ2) is 6.00. The Bertz CT molecular complexity index is 349. The number of ether oxygens (including phenoxy) is 2. The number of amides is 1. The Morgan fingerprint density at radius 1 is 1.45 bits per heavy atom. The summed E-state index contributed by atoms with van der Waals surface area (Å²) < 4.78 is 11.2. The van der Waals surface area contributed by atoms with E-state index < -0.39 is 5.79 Å². The molecule has 0 aromatic rings. The number of hydrogen-bond acceptors (Lipinski definition) is 4. The molecule has 0 aromatic heterocycles. The van der Waals surface area contributed by atoms with Crippen LogP contribution in [0.15, 0.2) is 0 Å². The molecule has 0 aromatic carbocycles. The van der Waals surface area contributed by atoms with E-state index in [1.165, 1.54) is 0 Å². The van der Waals surface area contributed by atoms with Crippen LogP contribution in [0.4, 0.5) is 0 Å². The van der Waals surface area contributed by atoms with Gasteiger partial charge in [0.15, 0.2) is 5.79 Å². The third-order valence-corrected chi connectivity index (χ3v) is 4.46. The summed E-state index contributed by atoms with van der Waals surface area (Å²) in [5.41, 5.74) is -0.345. The van der Waals surface area contributed by atoms with Gasteiger partial charge in [-0.2, -0.15) is 0 Å². The van der Waals surface area contributed by atoms with E-state index in [4.69, 9.17) is 9.47 Å². The van der Waals surface area contributed by atoms with Crippen molar-refractivity contribution in [1.82, 2.24) is 10.6 Å². The van der Waals surface area contributed by atoms with E-state index in [1.807, 2.05) is 27.7 Å². The molecule has 2 fully saturated rings. The van der Waals surface area contributed by atoms with Gasteiger partial charge in [0.2, 0.25) is 5.91 Å². The van der Waals surface area contributed by atoms with Gasteiger partial charge in [-0.05, 0) is 45.7 Å². The summed E-state index contributed by atoms with van der Waals surface area (Å²) in [6, 6.07) is 0. The predicted octanol–water partition coefficient (Wildman–Crippen LogP) is 1.28. The Morgan fingerprint density at radius 2 is 2.20 bits per heavy atom. The lowest BCUT2D eigenvalue weighted by Gasteiger charge is -2.36. The Hall–Kier alpha value is -0.650. The molecule has 2 heterocycles. The lowest BCUT2D eigenvalue weighted by molar-refractivity contribution is -0.142. The zero-order valence-corrected chi connectivity index (χ0v) is 13.1. The smallest absolute Gasteiger partial charge is 0.226 e. The number of carbonyl (C=O) groups excluding carboxylic acids is 1. The van der Waals surface area contributed by atoms with Gasteiger partial charge >= 0.3 is 0 Å². The molecule has 116 valence electrons. The molecule has 2 rings (SSSR count). The summed E-state index contributed by atoms with van der Waals surface area (Å²) >= 11 is 0. The average molecular weight is 284 g/mol. The molecule has 5 heteroatoms. The first-order chi connectivity index (χ1) is 9.31. The Balaban J connectivity index is 1.81. The fraction of sp³-hybridized carbons (Fsp3) is 0.933. The van der Waals surface area contributed by atoms with Gasteiger partial charge < -0.3 is 20.1 Å². The van der Waals surface area contributed by atoms with Gasteiger partial charge in [0.1, 0.15) is 6.10 Å². The maximum Gasteiger partial charge on any atom is 0.226 e. The summed E-state index contributed by atoms with van der Waals surface area (Å²) in [7, 11) is 0. The maximum atomic E-state index is 12.4. The highest BCUT2D eigenvalue weighted by molar-refractivity contribution is 5.82. The zero-order chi connectivity index (χ0) is 14.8. The molecular weight excluding hydrogens is 256 g/mol. The minimum absolute atomic E-state index is 0.0470. The number of hydrogen-bond donors (Lipinski definition) is 2. The zero-order valence-electron chi connectivity index (χ0n) is 13.1. The monoisotopic (exact) mass is 284 g/mol. The molecule has 2 N–H and O–H groups in total. The van der Waals surface area contributed by atoms with Crippen molar-refractivity contribution < 1.29 is 14.3 Å². The second-order valence-electron chi connectivity index (χ2n) is 6.93. The molecule has 2 aliphatic rings. The summed E-state index contributed by atoms with van der Waals surface area (Å²) in [5, 5.41) is 6.41. The second-order valence-corrected chi connectivity index (χ2v) is 6.93. The van der Waals surface area contributed by atoms with Crippen molar-refractivity contribution in [3.63, 3.8) is 0 Å². The topological polar surface area (TPSA) is 59.6 Å². The molecule has 0 radical (unpaired) electrons. The van der Waals surface area contributed by atoms with Crippen LogP contribution >= 0.6 is 0 Å². The minimum Gasteiger partial charge on any atom is -0.353 e. The van der Waals surface area contributed by atoms with Crippen molar-refractivity contribution >= 4 is 5.91 Å². The van der Waals surface area contributed by atoms with Crippen molar-refractivity contribution in [3.8, 4) is 0 Å². The molecule has 0 spiro atoms. The van der Waals surface area contributed by atoms with Gasteiger partial charge in [-0.25, -0.2) is 0 Å². The molecule has 0 bridgehead atoms. The van der Waals surface area contributed by atoms with E-state index in [0.29, 0.717) is 19.1 Å². The average Bonchev–Trinajstić information content (AvgIpc) is 2.76. The van der Waals surface area contributed by atoms with Gasteiger partial charge in [0, 0.05) is 12.0 Å². The van der Waals surface area contributed by atoms with Crippen LogP contribution in [0.25, 0.3) is 0 Å². The first-order valence-electron chi connectivity index (χ1n) is 7.62. The maximum absolute atomic E-state index is 12.4. The van der Waals surface area contributed by atoms with E-state index in [9.17, 15) is 4.79 Å². The fourth-order valence-electron chi connectivity index (χ4n) is 2.95. The van der Waals surface area contributed by atoms with E-state index >= 15 is 0 Å². The third-order valence-electron chi connectivity index (χ3n) is 4.46. The Kier molecular flexibility index (Phi) is 4.72. The van der Waals surface area contributed by atoms with Crippen molar-refractivity contribution in [3.05, 3.63) is 0 Å². The molecular formula is C15H28N2O3. The highest BCUT2D eigenvalue weighted by Gasteiger charge is 2.38. The molecule has 2 atom stereocenters. The van der Waals surface area contributed by atoms with Gasteiger partial charge in [-0.1, -0.05) is 13.8 Å². The van der Waals surface area contributed by atoms with Crippen LogP contribution in [0, 0.1) is 11.3 Å². The molecule has 2 unspecified atom stereocenters. The summed E-state index contributed by atoms with van der Waals surface area (Å²) in [5.74, 6) is -0.0222. The fourth-order valence-corrected chi connectivity index (χ4v) is 2.95. The highest BCUT2D eigenvalue weighted by atomic mass is 16.7. The van der Waals surface area contributed by atoms with Crippen LogP contribution in [0.3, 0.4) is 0 Å². The normalized spacial score (nSPS) is 30.2. The largest absolute Gasteiger partial charge is 0.353 e. The molecule has 0 aliphatic carbocycles. The third kappa shape index (κ3) is 3.71. The van der Waals surface area contributed by atoms with Crippen LogP contribution < -0.4 is 10.6 Å². The number of rotatable bonds is 4. The Morgan fingerprint density at radius 3 is 2.75 bits per heavy atom. The van der Waals surface area contributed by atoms with E-state index in [1.54, 1.807) is 0 Å². The van der Waals surface area contributed by atoms with Crippen molar-refractivity contribution in [2.45, 2.75) is 52.4 Å². The highest BCUT2D eigenvalue weighted by Crippen LogP contribution is 2.32. The summed E-state index contributed by atoms with van der Waals surface area (Å²) in [4.78, 5) is 12.4. The van der Waals surface area contributed by atoms with Crippen LogP contribution in [0.5, 0.6) is 0 Å². The lowest BCUT2D eigenvalue weighted by Crippen LogP contribution is -2.48. The van der Waals surface area contributed by atoms with Crippen molar-refractivity contribution in [2.75, 3.05) is 26.2 Å². The molecule has 2 aliphatic heterocycles. The quantitative estimate of drug-likeness (QED) is 0.816. The number of piperidine rings is 1. The van der Waals surface area contributed by atoms with Gasteiger partial charge in [-0.15, -0.1) is 0 Å². The van der Waals surface area contributed by atoms with E-state index in [0.717, 1.165) is 25.9 Å². The summed E-state index contributed by atoms with van der Waals surface area (Å²) in [6.07, 6.45) is 2.22. The SMILES string of the molecule is CC1(C)OCC(CNC(=O)C(C)(C)C2CCCNC2)O1. The van der Waals surface area contributed by atoms with Crippen molar-refractivity contribution in [2.24, 2.45) is 11.3 Å². The molecule has 20 heavy (non-hydrogen) atoms. The first-order valence-corrected chi connectivity index (χ1v) is 7.62. The Labute approximate surface area is 121 Å². The standard InChI is InChI=1S/C15H28N2O3/c1-14(2,11-6-5-7-16-8-11)13(18)17-9-12-10-19-15(3,4)20-12/h11-12,16H,5-10H2,1-4H3,(H,17,18). The summed E-state index contributed by atoms with van der Waals surface area (Å²) in [6.45, 7) is 10.9. The van der Waals surface area contributed by atoms with Gasteiger partial charge in [0.25, 0.3) is 0 Å². The van der Waals surface area contributed by atoms with E-state index in [2.05, 4.69) is 10.6 Å².